The van der Waals surface area contributed by atoms with Crippen LogP contribution in [0.15, 0.2) is 60.9 Å². The third-order valence-electron chi connectivity index (χ3n) is 3.99. The highest BCUT2D eigenvalue weighted by molar-refractivity contribution is 5.88. The molecule has 1 unspecified atom stereocenters. The van der Waals surface area contributed by atoms with Gasteiger partial charge in [-0.15, -0.1) is 0 Å². The minimum atomic E-state index is -0.985. The zero-order valence-electron chi connectivity index (χ0n) is 14.9. The zero-order chi connectivity index (χ0) is 19.2. The SMILES string of the molecule is COc1ccc(C(Nc2cccc(C(=O)O)c2)c2cccnc2)nc1OC. The molecule has 2 heterocycles. The molecule has 138 valence electrons. The summed E-state index contributed by atoms with van der Waals surface area (Å²) in [5, 5.41) is 12.6. The van der Waals surface area contributed by atoms with Gasteiger partial charge in [0.2, 0.25) is 0 Å². The first-order valence-electron chi connectivity index (χ1n) is 8.21. The number of hydrogen-bond donors (Lipinski definition) is 2. The lowest BCUT2D eigenvalue weighted by Gasteiger charge is -2.21. The molecule has 0 fully saturated rings. The van der Waals surface area contributed by atoms with E-state index in [9.17, 15) is 9.90 Å². The van der Waals surface area contributed by atoms with Gasteiger partial charge in [0.15, 0.2) is 5.75 Å². The van der Waals surface area contributed by atoms with Crippen LogP contribution in [0.3, 0.4) is 0 Å². The Balaban J connectivity index is 2.02. The van der Waals surface area contributed by atoms with Gasteiger partial charge in [-0.3, -0.25) is 4.98 Å². The van der Waals surface area contributed by atoms with Crippen LogP contribution in [0.25, 0.3) is 0 Å². The number of aromatic nitrogens is 2. The molecule has 3 rings (SSSR count). The maximum atomic E-state index is 11.3. The first-order valence-corrected chi connectivity index (χ1v) is 8.21. The lowest BCUT2D eigenvalue weighted by molar-refractivity contribution is 0.0697. The summed E-state index contributed by atoms with van der Waals surface area (Å²) in [6.45, 7) is 0. The van der Waals surface area contributed by atoms with Crippen LogP contribution in [-0.4, -0.2) is 35.3 Å². The molecular weight excluding hydrogens is 346 g/mol. The summed E-state index contributed by atoms with van der Waals surface area (Å²) in [4.78, 5) is 20.0. The van der Waals surface area contributed by atoms with Crippen LogP contribution in [0.1, 0.15) is 27.7 Å². The Hall–Kier alpha value is -3.61. The van der Waals surface area contributed by atoms with Gasteiger partial charge in [-0.1, -0.05) is 12.1 Å². The topological polar surface area (TPSA) is 93.6 Å². The van der Waals surface area contributed by atoms with Crippen LogP contribution in [-0.2, 0) is 0 Å². The Morgan fingerprint density at radius 2 is 1.96 bits per heavy atom. The molecule has 0 amide bonds. The fraction of sp³-hybridized carbons (Fsp3) is 0.150. The van der Waals surface area contributed by atoms with E-state index in [0.717, 1.165) is 5.56 Å². The molecular formula is C20H19N3O4. The van der Waals surface area contributed by atoms with Gasteiger partial charge in [0.1, 0.15) is 0 Å². The number of carbonyl (C=O) groups is 1. The zero-order valence-corrected chi connectivity index (χ0v) is 14.9. The van der Waals surface area contributed by atoms with Crippen molar-refractivity contribution in [3.63, 3.8) is 0 Å². The van der Waals surface area contributed by atoms with Gasteiger partial charge in [-0.2, -0.15) is 0 Å². The van der Waals surface area contributed by atoms with Crippen LogP contribution < -0.4 is 14.8 Å². The standard InChI is InChI=1S/C20H19N3O4/c1-26-17-9-8-16(23-19(17)27-2)18(14-6-4-10-21-12-14)22-15-7-3-5-13(11-15)20(24)25/h3-12,18,22H,1-2H3,(H,24,25). The van der Waals surface area contributed by atoms with E-state index in [1.165, 1.54) is 7.11 Å². The third-order valence-corrected chi connectivity index (χ3v) is 3.99. The molecule has 0 aliphatic rings. The normalized spacial score (nSPS) is 11.5. The number of methoxy groups -OCH3 is 2. The number of ether oxygens (including phenoxy) is 2. The molecule has 0 saturated heterocycles. The summed E-state index contributed by atoms with van der Waals surface area (Å²) in [5.41, 5.74) is 2.41. The average Bonchev–Trinajstić information content (AvgIpc) is 2.72. The summed E-state index contributed by atoms with van der Waals surface area (Å²) < 4.78 is 10.6. The Bertz CT molecular complexity index is 932. The van der Waals surface area contributed by atoms with Crippen molar-refractivity contribution in [1.82, 2.24) is 9.97 Å². The monoisotopic (exact) mass is 365 g/mol. The highest BCUT2D eigenvalue weighted by Gasteiger charge is 2.19. The molecule has 7 heteroatoms. The van der Waals surface area contributed by atoms with Crippen LogP contribution in [0, 0.1) is 0 Å². The van der Waals surface area contributed by atoms with E-state index in [1.807, 2.05) is 18.2 Å². The van der Waals surface area contributed by atoms with Gasteiger partial charge in [0.05, 0.1) is 31.5 Å². The third kappa shape index (κ3) is 4.14. The Morgan fingerprint density at radius 1 is 1.11 bits per heavy atom. The van der Waals surface area contributed by atoms with Crippen molar-refractivity contribution < 1.29 is 19.4 Å². The molecule has 0 aliphatic carbocycles. The lowest BCUT2D eigenvalue weighted by Crippen LogP contribution is -2.15. The predicted molar refractivity (Wildman–Crippen MR) is 100 cm³/mol. The number of nitrogens with one attached hydrogen (secondary N) is 1. The number of anilines is 1. The number of rotatable bonds is 7. The lowest BCUT2D eigenvalue weighted by atomic mass is 10.0. The van der Waals surface area contributed by atoms with E-state index >= 15 is 0 Å². The molecule has 27 heavy (non-hydrogen) atoms. The number of benzene rings is 1. The minimum absolute atomic E-state index is 0.199. The second-order valence-electron chi connectivity index (χ2n) is 5.70. The van der Waals surface area contributed by atoms with Crippen LogP contribution in [0.5, 0.6) is 11.6 Å². The van der Waals surface area contributed by atoms with E-state index in [2.05, 4.69) is 15.3 Å². The van der Waals surface area contributed by atoms with Crippen molar-refractivity contribution in [1.29, 1.82) is 0 Å². The van der Waals surface area contributed by atoms with Crippen molar-refractivity contribution in [3.05, 3.63) is 77.7 Å². The molecule has 2 N–H and O–H groups in total. The number of hydrogen-bond acceptors (Lipinski definition) is 6. The number of aromatic carboxylic acids is 1. The van der Waals surface area contributed by atoms with Gasteiger partial charge in [-0.25, -0.2) is 9.78 Å². The molecule has 0 spiro atoms. The van der Waals surface area contributed by atoms with E-state index in [0.29, 0.717) is 23.0 Å². The minimum Gasteiger partial charge on any atom is -0.491 e. The molecule has 3 aromatic rings. The largest absolute Gasteiger partial charge is 0.491 e. The smallest absolute Gasteiger partial charge is 0.335 e. The van der Waals surface area contributed by atoms with E-state index in [4.69, 9.17) is 9.47 Å². The van der Waals surface area contributed by atoms with Gasteiger partial charge >= 0.3 is 5.97 Å². The molecule has 1 aromatic carbocycles. The van der Waals surface area contributed by atoms with E-state index < -0.39 is 5.97 Å². The molecule has 0 aliphatic heterocycles. The van der Waals surface area contributed by atoms with Crippen LogP contribution in [0.2, 0.25) is 0 Å². The van der Waals surface area contributed by atoms with E-state index in [-0.39, 0.29) is 11.6 Å². The maximum Gasteiger partial charge on any atom is 0.335 e. The molecule has 2 aromatic heterocycles. The van der Waals surface area contributed by atoms with Crippen LogP contribution >= 0.6 is 0 Å². The quantitative estimate of drug-likeness (QED) is 0.663. The molecule has 0 radical (unpaired) electrons. The van der Waals surface area contributed by atoms with Gasteiger partial charge in [0, 0.05) is 18.1 Å². The molecule has 7 nitrogen and oxygen atoms in total. The molecule has 0 bridgehead atoms. The maximum absolute atomic E-state index is 11.3. The Morgan fingerprint density at radius 3 is 2.63 bits per heavy atom. The predicted octanol–water partition coefficient (Wildman–Crippen LogP) is 3.39. The first kappa shape index (κ1) is 18.2. The van der Waals surface area contributed by atoms with Crippen LogP contribution in [0.4, 0.5) is 5.69 Å². The van der Waals surface area contributed by atoms with Crippen molar-refractivity contribution in [2.45, 2.75) is 6.04 Å². The van der Waals surface area contributed by atoms with Gasteiger partial charge in [-0.05, 0) is 42.0 Å². The Labute approximate surface area is 156 Å². The average molecular weight is 365 g/mol. The summed E-state index contributed by atoms with van der Waals surface area (Å²) >= 11 is 0. The fourth-order valence-corrected chi connectivity index (χ4v) is 2.69. The molecule has 1 atom stereocenters. The van der Waals surface area contributed by atoms with Crippen molar-refractivity contribution >= 4 is 11.7 Å². The highest BCUT2D eigenvalue weighted by atomic mass is 16.5. The number of carboxylic acid groups (broad SMARTS) is 1. The Kier molecular flexibility index (Phi) is 5.51. The number of nitrogens with zero attached hydrogens (tertiary/aromatic N) is 2. The van der Waals surface area contributed by atoms with Gasteiger partial charge in [0.25, 0.3) is 5.88 Å². The number of carboxylic acids is 1. The summed E-state index contributed by atoms with van der Waals surface area (Å²) in [6.07, 6.45) is 3.42. The summed E-state index contributed by atoms with van der Waals surface area (Å²) in [6, 6.07) is 13.6. The first-order chi connectivity index (χ1) is 13.1. The fourth-order valence-electron chi connectivity index (χ4n) is 2.69. The number of pyridine rings is 2. The van der Waals surface area contributed by atoms with Crippen molar-refractivity contribution in [2.75, 3.05) is 19.5 Å². The second kappa shape index (κ2) is 8.18. The van der Waals surface area contributed by atoms with Gasteiger partial charge < -0.3 is 19.9 Å². The van der Waals surface area contributed by atoms with Crippen molar-refractivity contribution in [3.8, 4) is 11.6 Å². The van der Waals surface area contributed by atoms with Crippen molar-refractivity contribution in [2.24, 2.45) is 0 Å². The van der Waals surface area contributed by atoms with E-state index in [1.54, 1.807) is 49.8 Å². The summed E-state index contributed by atoms with van der Waals surface area (Å²) in [5.74, 6) is -0.0927. The highest BCUT2D eigenvalue weighted by Crippen LogP contribution is 2.31. The second-order valence-corrected chi connectivity index (χ2v) is 5.70. The summed E-state index contributed by atoms with van der Waals surface area (Å²) in [7, 11) is 3.07. The molecule has 0 saturated carbocycles.